The number of ether oxygens (including phenoxy) is 2. The number of rotatable bonds is 8. The lowest BCUT2D eigenvalue weighted by molar-refractivity contribution is -0.124. The lowest BCUT2D eigenvalue weighted by atomic mass is 10.2. The van der Waals surface area contributed by atoms with Gasteiger partial charge in [0.2, 0.25) is 0 Å². The van der Waals surface area contributed by atoms with Gasteiger partial charge in [-0.1, -0.05) is 41.4 Å². The summed E-state index contributed by atoms with van der Waals surface area (Å²) < 4.78 is 15.9. The van der Waals surface area contributed by atoms with Crippen molar-refractivity contribution in [1.82, 2.24) is 5.32 Å². The molecule has 0 aliphatic heterocycles. The smallest absolute Gasteiger partial charge is 0.342 e. The van der Waals surface area contributed by atoms with Gasteiger partial charge in [0.1, 0.15) is 23.7 Å². The Balaban J connectivity index is 1.55. The number of hydrogen-bond donors (Lipinski definition) is 1. The Hall–Kier alpha value is -2.96. The van der Waals surface area contributed by atoms with Gasteiger partial charge in [0.15, 0.2) is 6.61 Å². The van der Waals surface area contributed by atoms with Crippen LogP contribution in [0.2, 0.25) is 10.0 Å². The van der Waals surface area contributed by atoms with Crippen molar-refractivity contribution in [3.8, 4) is 5.75 Å². The van der Waals surface area contributed by atoms with Crippen molar-refractivity contribution in [2.75, 3.05) is 6.61 Å². The number of nitrogens with one attached hydrogen (secondary N) is 1. The van der Waals surface area contributed by atoms with Gasteiger partial charge in [-0.25, -0.2) is 4.79 Å². The molecule has 1 N–H and O–H groups in total. The van der Waals surface area contributed by atoms with E-state index in [2.05, 4.69) is 5.32 Å². The summed E-state index contributed by atoms with van der Waals surface area (Å²) in [7, 11) is 0. The van der Waals surface area contributed by atoms with Gasteiger partial charge in [-0.05, 0) is 36.4 Å². The molecule has 0 fully saturated rings. The second-order valence-corrected chi connectivity index (χ2v) is 6.80. The molecule has 150 valence electrons. The van der Waals surface area contributed by atoms with E-state index in [0.29, 0.717) is 21.6 Å². The fraction of sp³-hybridized carbons (Fsp3) is 0.143. The highest BCUT2D eigenvalue weighted by atomic mass is 35.5. The molecule has 0 saturated carbocycles. The monoisotopic (exact) mass is 433 g/mol. The number of para-hydroxylation sites is 1. The van der Waals surface area contributed by atoms with Crippen LogP contribution in [0.25, 0.3) is 0 Å². The fourth-order valence-corrected chi connectivity index (χ4v) is 2.88. The first kappa shape index (κ1) is 20.8. The van der Waals surface area contributed by atoms with Gasteiger partial charge in [-0.2, -0.15) is 0 Å². The van der Waals surface area contributed by atoms with Crippen LogP contribution < -0.4 is 10.1 Å². The van der Waals surface area contributed by atoms with Crippen molar-refractivity contribution in [1.29, 1.82) is 0 Å². The quantitative estimate of drug-likeness (QED) is 0.523. The minimum absolute atomic E-state index is 0.143. The van der Waals surface area contributed by atoms with E-state index < -0.39 is 18.5 Å². The zero-order chi connectivity index (χ0) is 20.6. The molecule has 8 heteroatoms. The van der Waals surface area contributed by atoms with Crippen LogP contribution in [-0.2, 0) is 22.7 Å². The number of furan rings is 1. The van der Waals surface area contributed by atoms with Crippen LogP contribution in [0.3, 0.4) is 0 Å². The van der Waals surface area contributed by atoms with Crippen molar-refractivity contribution < 1.29 is 23.5 Å². The average molecular weight is 434 g/mol. The van der Waals surface area contributed by atoms with Gasteiger partial charge in [-0.15, -0.1) is 0 Å². The second-order valence-electron chi connectivity index (χ2n) is 5.95. The zero-order valence-electron chi connectivity index (χ0n) is 15.2. The molecule has 3 aromatic rings. The van der Waals surface area contributed by atoms with Gasteiger partial charge in [0.25, 0.3) is 5.91 Å². The lowest BCUT2D eigenvalue weighted by Crippen LogP contribution is -2.28. The standard InChI is InChI=1S/C21H17Cl2NO5/c22-15-8-7-14(18(23)10-15)12-28-19-6-2-1-5-17(19)21(26)29-13-20(25)24-11-16-4-3-9-27-16/h1-10H,11-13H2,(H,24,25). The van der Waals surface area contributed by atoms with Crippen molar-refractivity contribution in [2.24, 2.45) is 0 Å². The van der Waals surface area contributed by atoms with Crippen molar-refractivity contribution in [2.45, 2.75) is 13.2 Å². The number of benzene rings is 2. The topological polar surface area (TPSA) is 77.8 Å². The highest BCUT2D eigenvalue weighted by Crippen LogP contribution is 2.24. The first-order chi connectivity index (χ1) is 14.0. The maximum Gasteiger partial charge on any atom is 0.342 e. The fourth-order valence-electron chi connectivity index (χ4n) is 2.41. The van der Waals surface area contributed by atoms with Gasteiger partial charge in [0.05, 0.1) is 12.8 Å². The van der Waals surface area contributed by atoms with Crippen LogP contribution in [0.5, 0.6) is 5.75 Å². The average Bonchev–Trinajstić information content (AvgIpc) is 3.24. The molecule has 0 atom stereocenters. The van der Waals surface area contributed by atoms with E-state index in [1.54, 1.807) is 54.6 Å². The molecule has 0 aliphatic carbocycles. The first-order valence-corrected chi connectivity index (χ1v) is 9.40. The van der Waals surface area contributed by atoms with Crippen LogP contribution in [0.4, 0.5) is 0 Å². The maximum absolute atomic E-state index is 12.4. The molecule has 29 heavy (non-hydrogen) atoms. The zero-order valence-corrected chi connectivity index (χ0v) is 16.7. The maximum atomic E-state index is 12.4. The number of esters is 1. The highest BCUT2D eigenvalue weighted by molar-refractivity contribution is 6.35. The Morgan fingerprint density at radius 1 is 1.03 bits per heavy atom. The Kier molecular flexibility index (Phi) is 7.16. The molecule has 0 spiro atoms. The molecule has 1 heterocycles. The van der Waals surface area contributed by atoms with Crippen LogP contribution in [0, 0.1) is 0 Å². The van der Waals surface area contributed by atoms with E-state index in [-0.39, 0.29) is 18.7 Å². The van der Waals surface area contributed by atoms with Crippen LogP contribution in [0.15, 0.2) is 65.3 Å². The minimum Gasteiger partial charge on any atom is -0.488 e. The Bertz CT molecular complexity index is 988. The number of hydrogen-bond acceptors (Lipinski definition) is 5. The minimum atomic E-state index is -0.670. The molecule has 0 aliphatic rings. The predicted octanol–water partition coefficient (Wildman–Crippen LogP) is 4.64. The molecule has 3 rings (SSSR count). The predicted molar refractivity (Wildman–Crippen MR) is 108 cm³/mol. The van der Waals surface area contributed by atoms with E-state index in [0.717, 1.165) is 5.56 Å². The third-order valence-electron chi connectivity index (χ3n) is 3.88. The van der Waals surface area contributed by atoms with Crippen molar-refractivity contribution in [3.63, 3.8) is 0 Å². The molecule has 1 aromatic heterocycles. The Morgan fingerprint density at radius 3 is 2.62 bits per heavy atom. The normalized spacial score (nSPS) is 10.4. The number of carbonyl (C=O) groups is 2. The molecule has 0 saturated heterocycles. The second kappa shape index (κ2) is 10.0. The highest BCUT2D eigenvalue weighted by Gasteiger charge is 2.16. The van der Waals surface area contributed by atoms with E-state index in [9.17, 15) is 9.59 Å². The van der Waals surface area contributed by atoms with Gasteiger partial charge < -0.3 is 19.2 Å². The summed E-state index contributed by atoms with van der Waals surface area (Å²) >= 11 is 12.0. The van der Waals surface area contributed by atoms with Gasteiger partial charge in [-0.3, -0.25) is 4.79 Å². The van der Waals surface area contributed by atoms with Gasteiger partial charge >= 0.3 is 5.97 Å². The molecule has 2 aromatic carbocycles. The molecular weight excluding hydrogens is 417 g/mol. The van der Waals surface area contributed by atoms with Crippen molar-refractivity contribution in [3.05, 3.63) is 87.8 Å². The third-order valence-corrected chi connectivity index (χ3v) is 4.47. The van der Waals surface area contributed by atoms with Crippen molar-refractivity contribution >= 4 is 35.1 Å². The number of halogens is 2. The lowest BCUT2D eigenvalue weighted by Gasteiger charge is -2.12. The third kappa shape index (κ3) is 6.01. The number of carbonyl (C=O) groups excluding carboxylic acids is 2. The summed E-state index contributed by atoms with van der Waals surface area (Å²) in [4.78, 5) is 24.2. The summed E-state index contributed by atoms with van der Waals surface area (Å²) in [6, 6.07) is 15.1. The molecular formula is C21H17Cl2NO5. The summed E-state index contributed by atoms with van der Waals surface area (Å²) in [5.41, 5.74) is 0.924. The first-order valence-electron chi connectivity index (χ1n) is 8.65. The molecule has 0 bridgehead atoms. The Labute approximate surface area is 177 Å². The molecule has 1 amide bonds. The van der Waals surface area contributed by atoms with E-state index >= 15 is 0 Å². The van der Waals surface area contributed by atoms with Crippen LogP contribution in [-0.4, -0.2) is 18.5 Å². The van der Waals surface area contributed by atoms with E-state index in [1.165, 1.54) is 6.26 Å². The largest absolute Gasteiger partial charge is 0.488 e. The van der Waals surface area contributed by atoms with Crippen LogP contribution >= 0.6 is 23.2 Å². The molecule has 6 nitrogen and oxygen atoms in total. The summed E-state index contributed by atoms with van der Waals surface area (Å²) in [5, 5.41) is 3.58. The summed E-state index contributed by atoms with van der Waals surface area (Å²) in [5.74, 6) is -0.194. The molecule has 0 radical (unpaired) electrons. The van der Waals surface area contributed by atoms with E-state index in [1.807, 2.05) is 0 Å². The summed E-state index contributed by atoms with van der Waals surface area (Å²) in [6.07, 6.45) is 1.51. The SMILES string of the molecule is O=C(COC(=O)c1ccccc1OCc1ccc(Cl)cc1Cl)NCc1ccco1. The Morgan fingerprint density at radius 2 is 1.86 bits per heavy atom. The summed E-state index contributed by atoms with van der Waals surface area (Å²) in [6.45, 7) is -0.0637. The van der Waals surface area contributed by atoms with E-state index in [4.69, 9.17) is 37.1 Å². The van der Waals surface area contributed by atoms with Gasteiger partial charge in [0, 0.05) is 15.6 Å². The van der Waals surface area contributed by atoms with Crippen LogP contribution in [0.1, 0.15) is 21.7 Å². The molecule has 0 unspecified atom stereocenters. The number of amides is 1.